The van der Waals surface area contributed by atoms with E-state index in [1.807, 2.05) is 6.92 Å². The molecule has 2 saturated heterocycles. The number of nitrogens with zero attached hydrogens (tertiary/aromatic N) is 5. The molecule has 2 aliphatic rings. The van der Waals surface area contributed by atoms with Crippen molar-refractivity contribution in [2.24, 2.45) is 5.92 Å². The SMILES string of the molecule is C=C(c1ncc(-c2c[nH]c(-n3ccnc3)cc2=O)nn1)[C@@H]1C[C@@]2(C)CCC[C@](C)(N2)[C@H]1F. The molecule has 5 rings (SSSR count). The Labute approximate surface area is 185 Å². The molecule has 2 fully saturated rings. The van der Waals surface area contributed by atoms with Crippen LogP contribution in [-0.2, 0) is 0 Å². The fourth-order valence-electron chi connectivity index (χ4n) is 5.28. The van der Waals surface area contributed by atoms with E-state index in [1.54, 1.807) is 29.5 Å². The Kier molecular flexibility index (Phi) is 4.81. The van der Waals surface area contributed by atoms with Crippen molar-refractivity contribution in [3.05, 3.63) is 59.8 Å². The number of imidazole rings is 1. The van der Waals surface area contributed by atoms with Crippen molar-refractivity contribution in [1.29, 1.82) is 0 Å². The first-order valence-electron chi connectivity index (χ1n) is 10.8. The number of aromatic nitrogens is 6. The van der Waals surface area contributed by atoms with Gasteiger partial charge in [-0.05, 0) is 45.1 Å². The second kappa shape index (κ2) is 7.44. The van der Waals surface area contributed by atoms with Gasteiger partial charge in [-0.25, -0.2) is 14.4 Å². The summed E-state index contributed by atoms with van der Waals surface area (Å²) in [5.74, 6) is 0.534. The van der Waals surface area contributed by atoms with Gasteiger partial charge in [0.05, 0.1) is 11.8 Å². The van der Waals surface area contributed by atoms with Crippen LogP contribution in [0.3, 0.4) is 0 Å². The molecule has 5 heterocycles. The molecule has 0 saturated carbocycles. The lowest BCUT2D eigenvalue weighted by Gasteiger charge is -2.55. The van der Waals surface area contributed by atoms with Crippen molar-refractivity contribution in [1.82, 2.24) is 35.0 Å². The molecule has 0 spiro atoms. The highest BCUT2D eigenvalue weighted by molar-refractivity contribution is 5.62. The predicted molar refractivity (Wildman–Crippen MR) is 119 cm³/mol. The highest BCUT2D eigenvalue weighted by Crippen LogP contribution is 2.47. The Balaban J connectivity index is 1.39. The van der Waals surface area contributed by atoms with E-state index in [0.717, 1.165) is 19.3 Å². The number of aromatic amines is 1. The largest absolute Gasteiger partial charge is 0.347 e. The molecule has 0 amide bonds. The second-order valence-corrected chi connectivity index (χ2v) is 9.43. The number of hydrogen-bond acceptors (Lipinski definition) is 6. The summed E-state index contributed by atoms with van der Waals surface area (Å²) in [4.78, 5) is 24.0. The first kappa shape index (κ1) is 20.7. The van der Waals surface area contributed by atoms with E-state index in [0.29, 0.717) is 34.9 Å². The summed E-state index contributed by atoms with van der Waals surface area (Å²) < 4.78 is 17.2. The minimum atomic E-state index is -1.08. The fourth-order valence-corrected chi connectivity index (χ4v) is 5.28. The number of halogens is 1. The van der Waals surface area contributed by atoms with E-state index in [4.69, 9.17) is 0 Å². The second-order valence-electron chi connectivity index (χ2n) is 9.43. The highest BCUT2D eigenvalue weighted by Gasteiger charge is 2.53. The zero-order valence-electron chi connectivity index (χ0n) is 18.2. The van der Waals surface area contributed by atoms with Crippen molar-refractivity contribution in [2.45, 2.75) is 56.8 Å². The number of H-pyrrole nitrogens is 1. The van der Waals surface area contributed by atoms with E-state index in [9.17, 15) is 4.79 Å². The molecule has 2 bridgehead atoms. The van der Waals surface area contributed by atoms with Crippen LogP contribution in [0, 0.1) is 5.92 Å². The Bertz CT molecular complexity index is 1210. The molecule has 2 aliphatic heterocycles. The van der Waals surface area contributed by atoms with Crippen LogP contribution < -0.4 is 10.7 Å². The van der Waals surface area contributed by atoms with Crippen LogP contribution in [0.1, 0.15) is 45.4 Å². The number of allylic oxidation sites excluding steroid dienone is 1. The Morgan fingerprint density at radius 3 is 2.84 bits per heavy atom. The van der Waals surface area contributed by atoms with E-state index in [1.165, 1.54) is 12.3 Å². The van der Waals surface area contributed by atoms with Gasteiger partial charge in [0.2, 0.25) is 0 Å². The molecule has 0 radical (unpaired) electrons. The van der Waals surface area contributed by atoms with Crippen molar-refractivity contribution < 1.29 is 4.39 Å². The molecule has 0 unspecified atom stereocenters. The molecule has 3 aromatic rings. The number of pyridine rings is 1. The number of piperidine rings is 2. The third-order valence-corrected chi connectivity index (χ3v) is 6.90. The molecule has 3 aromatic heterocycles. The van der Waals surface area contributed by atoms with Crippen molar-refractivity contribution in [2.75, 3.05) is 0 Å². The van der Waals surface area contributed by atoms with E-state index in [-0.39, 0.29) is 16.9 Å². The van der Waals surface area contributed by atoms with Gasteiger partial charge in [-0.2, -0.15) is 0 Å². The van der Waals surface area contributed by atoms with Gasteiger partial charge < -0.3 is 10.3 Å². The average molecular weight is 436 g/mol. The Hall–Kier alpha value is -3.20. The van der Waals surface area contributed by atoms with Crippen LogP contribution in [0.5, 0.6) is 0 Å². The first-order valence-corrected chi connectivity index (χ1v) is 10.8. The van der Waals surface area contributed by atoms with Crippen LogP contribution >= 0.6 is 0 Å². The Morgan fingerprint density at radius 2 is 2.16 bits per heavy atom. The van der Waals surface area contributed by atoms with Gasteiger partial charge in [0.15, 0.2) is 11.3 Å². The third kappa shape index (κ3) is 3.46. The summed E-state index contributed by atoms with van der Waals surface area (Å²) in [5, 5.41) is 11.9. The van der Waals surface area contributed by atoms with E-state index >= 15 is 4.39 Å². The minimum absolute atomic E-state index is 0.124. The van der Waals surface area contributed by atoms with Crippen LogP contribution in [0.25, 0.3) is 22.6 Å². The molecule has 8 nitrogen and oxygen atoms in total. The highest BCUT2D eigenvalue weighted by atomic mass is 19.1. The molecule has 9 heteroatoms. The van der Waals surface area contributed by atoms with Gasteiger partial charge in [0.25, 0.3) is 0 Å². The lowest BCUT2D eigenvalue weighted by atomic mass is 9.64. The molecule has 0 aromatic carbocycles. The van der Waals surface area contributed by atoms with Crippen molar-refractivity contribution in [3.63, 3.8) is 0 Å². The fraction of sp³-hybridized carbons (Fsp3) is 0.435. The number of rotatable bonds is 4. The summed E-state index contributed by atoms with van der Waals surface area (Å²) in [6.45, 7) is 8.25. The lowest BCUT2D eigenvalue weighted by Crippen LogP contribution is -2.68. The van der Waals surface area contributed by atoms with Gasteiger partial charge in [-0.3, -0.25) is 9.36 Å². The summed E-state index contributed by atoms with van der Waals surface area (Å²) in [6.07, 6.45) is 10.4. The van der Waals surface area contributed by atoms with Crippen molar-refractivity contribution in [3.8, 4) is 17.1 Å². The monoisotopic (exact) mass is 435 g/mol. The van der Waals surface area contributed by atoms with Crippen LogP contribution in [-0.4, -0.2) is 47.0 Å². The zero-order valence-corrected chi connectivity index (χ0v) is 18.2. The number of fused-ring (bicyclic) bond motifs is 2. The predicted octanol–water partition coefficient (Wildman–Crippen LogP) is 3.07. The van der Waals surface area contributed by atoms with Crippen molar-refractivity contribution >= 4 is 5.57 Å². The molecule has 2 N–H and O–H groups in total. The number of alkyl halides is 1. The standard InChI is InChI=1S/C23H26FN7O/c1-14(15-10-22(2)5-4-6-23(3,30-22)20(15)24)21-27-12-17(28-29-21)16-11-26-19(9-18(16)32)31-8-7-25-13-31/h7-9,11-13,15,20,30H,1,4-6,10H2,2-3H3,(H,26,32)/t15-,20-,22+,23-/m0/s1. The molecular weight excluding hydrogens is 409 g/mol. The van der Waals surface area contributed by atoms with Gasteiger partial charge >= 0.3 is 0 Å². The zero-order chi connectivity index (χ0) is 22.5. The van der Waals surface area contributed by atoms with Gasteiger partial charge in [0, 0.05) is 41.7 Å². The molecular formula is C23H26FN7O. The third-order valence-electron chi connectivity index (χ3n) is 6.90. The first-order chi connectivity index (χ1) is 15.3. The molecule has 32 heavy (non-hydrogen) atoms. The smallest absolute Gasteiger partial charge is 0.193 e. The molecule has 166 valence electrons. The average Bonchev–Trinajstić information content (AvgIpc) is 3.31. The van der Waals surface area contributed by atoms with Crippen LogP contribution in [0.2, 0.25) is 0 Å². The molecule has 0 aliphatic carbocycles. The van der Waals surface area contributed by atoms with E-state index < -0.39 is 11.7 Å². The summed E-state index contributed by atoms with van der Waals surface area (Å²) >= 11 is 0. The number of hydrogen-bond donors (Lipinski definition) is 2. The summed E-state index contributed by atoms with van der Waals surface area (Å²) in [5.41, 5.74) is 0.341. The minimum Gasteiger partial charge on any atom is -0.347 e. The summed E-state index contributed by atoms with van der Waals surface area (Å²) in [7, 11) is 0. The maximum atomic E-state index is 15.5. The normalized spacial score (nSPS) is 29.6. The molecule has 4 atom stereocenters. The van der Waals surface area contributed by atoms with E-state index in [2.05, 4.69) is 44.0 Å². The van der Waals surface area contributed by atoms with Gasteiger partial charge in [-0.1, -0.05) is 6.58 Å². The van der Waals surface area contributed by atoms with Crippen LogP contribution in [0.15, 0.2) is 48.6 Å². The lowest BCUT2D eigenvalue weighted by molar-refractivity contribution is -0.00610. The van der Waals surface area contributed by atoms with Gasteiger partial charge in [-0.15, -0.1) is 10.2 Å². The topological polar surface area (TPSA) is 101 Å². The quantitative estimate of drug-likeness (QED) is 0.653. The van der Waals surface area contributed by atoms with Crippen LogP contribution in [0.4, 0.5) is 4.39 Å². The Morgan fingerprint density at radius 1 is 1.31 bits per heavy atom. The maximum absolute atomic E-state index is 15.5. The van der Waals surface area contributed by atoms with Gasteiger partial charge in [0.1, 0.15) is 24.0 Å². The number of nitrogens with one attached hydrogen (secondary N) is 2. The maximum Gasteiger partial charge on any atom is 0.193 e. The summed E-state index contributed by atoms with van der Waals surface area (Å²) in [6, 6.07) is 1.47.